The van der Waals surface area contributed by atoms with E-state index in [0.717, 1.165) is 22.3 Å². The number of tetrazole rings is 1. The summed E-state index contributed by atoms with van der Waals surface area (Å²) in [6, 6.07) is 6.16. The summed E-state index contributed by atoms with van der Waals surface area (Å²) in [6.45, 7) is 2.19. The second-order valence-electron chi connectivity index (χ2n) is 5.14. The van der Waals surface area contributed by atoms with Gasteiger partial charge in [-0.15, -0.1) is 5.10 Å². The van der Waals surface area contributed by atoms with Crippen molar-refractivity contribution < 1.29 is 0 Å². The molecule has 0 amide bonds. The van der Waals surface area contributed by atoms with Crippen LogP contribution in [0.4, 0.5) is 5.69 Å². The minimum absolute atomic E-state index is 0.425. The van der Waals surface area contributed by atoms with Crippen molar-refractivity contribution in [3.63, 3.8) is 0 Å². The van der Waals surface area contributed by atoms with Gasteiger partial charge in [0.05, 0.1) is 16.4 Å². The van der Waals surface area contributed by atoms with Gasteiger partial charge in [0.1, 0.15) is 6.33 Å². The Morgan fingerprint density at radius 3 is 3.00 bits per heavy atom. The van der Waals surface area contributed by atoms with Gasteiger partial charge in [0, 0.05) is 6.04 Å². The Morgan fingerprint density at radius 1 is 1.47 bits per heavy atom. The van der Waals surface area contributed by atoms with E-state index in [0.29, 0.717) is 6.04 Å². The van der Waals surface area contributed by atoms with Crippen molar-refractivity contribution >= 4 is 17.3 Å². The zero-order chi connectivity index (χ0) is 13.2. The summed E-state index contributed by atoms with van der Waals surface area (Å²) in [5.74, 6) is 0.893. The van der Waals surface area contributed by atoms with Crippen LogP contribution in [0.15, 0.2) is 24.5 Å². The van der Waals surface area contributed by atoms with Gasteiger partial charge in [-0.05, 0) is 47.9 Å². The number of nitrogens with one attached hydrogen (secondary N) is 1. The Balaban J connectivity index is 1.77. The number of nitrogens with zero attached hydrogens (tertiary/aromatic N) is 4. The molecule has 100 valence electrons. The molecular weight excluding hydrogens is 262 g/mol. The van der Waals surface area contributed by atoms with E-state index in [2.05, 4.69) is 27.8 Å². The first-order chi connectivity index (χ1) is 9.22. The number of hydrogen-bond acceptors (Lipinski definition) is 4. The largest absolute Gasteiger partial charge is 0.381 e. The number of aromatic nitrogens is 4. The van der Waals surface area contributed by atoms with Crippen LogP contribution in [0.25, 0.3) is 5.69 Å². The summed E-state index contributed by atoms with van der Waals surface area (Å²) < 4.78 is 1.62. The first-order valence-electron chi connectivity index (χ1n) is 6.52. The van der Waals surface area contributed by atoms with E-state index in [4.69, 9.17) is 11.6 Å². The Hall–Kier alpha value is -1.62. The van der Waals surface area contributed by atoms with Gasteiger partial charge in [-0.3, -0.25) is 0 Å². The molecule has 1 N–H and O–H groups in total. The summed E-state index contributed by atoms with van der Waals surface area (Å²) >= 11 is 6.23. The van der Waals surface area contributed by atoms with Crippen LogP contribution in [0.1, 0.15) is 26.2 Å². The van der Waals surface area contributed by atoms with Crippen molar-refractivity contribution in [2.24, 2.45) is 5.92 Å². The van der Waals surface area contributed by atoms with Crippen LogP contribution in [-0.2, 0) is 0 Å². The summed E-state index contributed by atoms with van der Waals surface area (Å²) in [5, 5.41) is 15.3. The van der Waals surface area contributed by atoms with Crippen molar-refractivity contribution in [2.45, 2.75) is 32.2 Å². The van der Waals surface area contributed by atoms with E-state index in [1.807, 2.05) is 18.2 Å². The molecule has 3 rings (SSSR count). The van der Waals surface area contributed by atoms with Crippen molar-refractivity contribution in [2.75, 3.05) is 5.32 Å². The smallest absolute Gasteiger partial charge is 0.143 e. The quantitative estimate of drug-likeness (QED) is 0.913. The predicted octanol–water partition coefficient (Wildman–Crippen LogP) is 2.92. The summed E-state index contributed by atoms with van der Waals surface area (Å²) in [7, 11) is 0. The molecule has 6 heteroatoms. The predicted molar refractivity (Wildman–Crippen MR) is 74.6 cm³/mol. The number of anilines is 1. The molecule has 0 spiro atoms. The fraction of sp³-hybridized carbons (Fsp3) is 0.462. The maximum absolute atomic E-state index is 6.23. The normalized spacial score (nSPS) is 16.3. The molecule has 0 radical (unpaired) electrons. The first kappa shape index (κ1) is 12.4. The van der Waals surface area contributed by atoms with Crippen LogP contribution in [-0.4, -0.2) is 26.2 Å². The molecule has 1 aromatic carbocycles. The van der Waals surface area contributed by atoms with Crippen molar-refractivity contribution in [3.8, 4) is 5.69 Å². The Labute approximate surface area is 117 Å². The van der Waals surface area contributed by atoms with Gasteiger partial charge < -0.3 is 5.32 Å². The highest BCUT2D eigenvalue weighted by Crippen LogP contribution is 2.34. The van der Waals surface area contributed by atoms with Gasteiger partial charge in [0.25, 0.3) is 0 Å². The van der Waals surface area contributed by atoms with Gasteiger partial charge in [0.2, 0.25) is 0 Å². The molecule has 1 aliphatic carbocycles. The van der Waals surface area contributed by atoms with Crippen LogP contribution in [0.5, 0.6) is 0 Å². The summed E-state index contributed by atoms with van der Waals surface area (Å²) in [4.78, 5) is 0. The highest BCUT2D eigenvalue weighted by molar-refractivity contribution is 6.33. The van der Waals surface area contributed by atoms with E-state index in [9.17, 15) is 0 Å². The zero-order valence-corrected chi connectivity index (χ0v) is 11.5. The molecule has 0 bridgehead atoms. The van der Waals surface area contributed by atoms with E-state index in [1.54, 1.807) is 11.0 Å². The number of hydrogen-bond donors (Lipinski definition) is 1. The lowest BCUT2D eigenvalue weighted by Crippen LogP contribution is -2.16. The lowest BCUT2D eigenvalue weighted by molar-refractivity contribution is 0.642. The molecule has 1 heterocycles. The second kappa shape index (κ2) is 5.17. The van der Waals surface area contributed by atoms with Crippen LogP contribution in [0, 0.1) is 5.92 Å². The molecule has 1 aliphatic rings. The lowest BCUT2D eigenvalue weighted by Gasteiger charge is -2.16. The molecule has 2 aromatic rings. The summed E-state index contributed by atoms with van der Waals surface area (Å²) in [5.41, 5.74) is 1.83. The number of rotatable bonds is 5. The monoisotopic (exact) mass is 277 g/mol. The second-order valence-corrected chi connectivity index (χ2v) is 5.55. The van der Waals surface area contributed by atoms with Gasteiger partial charge in [-0.2, -0.15) is 0 Å². The minimum Gasteiger partial charge on any atom is -0.381 e. The zero-order valence-electron chi connectivity index (χ0n) is 10.8. The third kappa shape index (κ3) is 3.04. The SMILES string of the molecule is CC(CC1CC1)Nc1cc(-n2cnnn2)ccc1Cl. The van der Waals surface area contributed by atoms with Crippen LogP contribution < -0.4 is 5.32 Å². The van der Waals surface area contributed by atoms with Gasteiger partial charge in [0.15, 0.2) is 0 Å². The van der Waals surface area contributed by atoms with E-state index in [-0.39, 0.29) is 0 Å². The highest BCUT2D eigenvalue weighted by atomic mass is 35.5. The van der Waals surface area contributed by atoms with Crippen molar-refractivity contribution in [1.82, 2.24) is 20.2 Å². The minimum atomic E-state index is 0.425. The Kier molecular flexibility index (Phi) is 3.38. The molecule has 0 aliphatic heterocycles. The van der Waals surface area contributed by atoms with Crippen LogP contribution in [0.2, 0.25) is 5.02 Å². The van der Waals surface area contributed by atoms with Gasteiger partial charge in [-0.1, -0.05) is 24.4 Å². The molecule has 1 saturated carbocycles. The number of halogens is 1. The first-order valence-corrected chi connectivity index (χ1v) is 6.89. The average Bonchev–Trinajstić information content (AvgIpc) is 3.03. The molecule has 19 heavy (non-hydrogen) atoms. The molecular formula is C13H16ClN5. The van der Waals surface area contributed by atoms with Crippen LogP contribution in [0.3, 0.4) is 0 Å². The summed E-state index contributed by atoms with van der Waals surface area (Å²) in [6.07, 6.45) is 5.50. The highest BCUT2D eigenvalue weighted by Gasteiger charge is 2.23. The van der Waals surface area contributed by atoms with Crippen LogP contribution >= 0.6 is 11.6 Å². The average molecular weight is 278 g/mol. The fourth-order valence-electron chi connectivity index (χ4n) is 2.22. The molecule has 5 nitrogen and oxygen atoms in total. The Bertz CT molecular complexity index is 550. The Morgan fingerprint density at radius 2 is 2.32 bits per heavy atom. The maximum Gasteiger partial charge on any atom is 0.143 e. The van der Waals surface area contributed by atoms with Gasteiger partial charge >= 0.3 is 0 Å². The van der Waals surface area contributed by atoms with E-state index in [1.165, 1.54) is 19.3 Å². The molecule has 1 atom stereocenters. The van der Waals surface area contributed by atoms with Crippen molar-refractivity contribution in [3.05, 3.63) is 29.5 Å². The van der Waals surface area contributed by atoms with Gasteiger partial charge in [-0.25, -0.2) is 4.68 Å². The lowest BCUT2D eigenvalue weighted by atomic mass is 10.1. The fourth-order valence-corrected chi connectivity index (χ4v) is 2.40. The maximum atomic E-state index is 6.23. The molecule has 1 aromatic heterocycles. The van der Waals surface area contributed by atoms with Crippen molar-refractivity contribution in [1.29, 1.82) is 0 Å². The molecule has 0 saturated heterocycles. The number of benzene rings is 1. The third-order valence-corrected chi connectivity index (χ3v) is 3.68. The molecule has 1 fully saturated rings. The standard InChI is InChI=1S/C13H16ClN5/c1-9(6-10-2-3-10)16-13-7-11(4-5-12(13)14)19-8-15-17-18-19/h4-5,7-10,16H,2-3,6H2,1H3. The van der Waals surface area contributed by atoms with E-state index >= 15 is 0 Å². The molecule has 1 unspecified atom stereocenters. The van der Waals surface area contributed by atoms with E-state index < -0.39 is 0 Å². The third-order valence-electron chi connectivity index (χ3n) is 3.35. The topological polar surface area (TPSA) is 55.6 Å².